The molecule has 0 aliphatic carbocycles. The first-order valence-corrected chi connectivity index (χ1v) is 6.97. The van der Waals surface area contributed by atoms with Gasteiger partial charge in [-0.3, -0.25) is 4.98 Å². The summed E-state index contributed by atoms with van der Waals surface area (Å²) in [5.41, 5.74) is 2.00. The molecular weight excluding hydrogens is 304 g/mol. The molecule has 1 aromatic carbocycles. The molecule has 0 aliphatic heterocycles. The molecule has 0 spiro atoms. The van der Waals surface area contributed by atoms with E-state index in [1.807, 2.05) is 38.2 Å². The van der Waals surface area contributed by atoms with Gasteiger partial charge >= 0.3 is 0 Å². The van der Waals surface area contributed by atoms with E-state index in [9.17, 15) is 0 Å². The average Bonchev–Trinajstić information content (AvgIpc) is 2.41. The summed E-state index contributed by atoms with van der Waals surface area (Å²) in [6.45, 7) is 4.04. The zero-order chi connectivity index (χ0) is 13.8. The van der Waals surface area contributed by atoms with Crippen molar-refractivity contribution in [3.63, 3.8) is 0 Å². The van der Waals surface area contributed by atoms with E-state index < -0.39 is 0 Å². The van der Waals surface area contributed by atoms with Crippen LogP contribution >= 0.6 is 15.9 Å². The van der Waals surface area contributed by atoms with Crippen molar-refractivity contribution in [3.05, 3.63) is 52.3 Å². The molecule has 0 fully saturated rings. The highest BCUT2D eigenvalue weighted by Gasteiger charge is 2.12. The first-order chi connectivity index (χ1) is 9.11. The summed E-state index contributed by atoms with van der Waals surface area (Å²) in [6.07, 6.45) is 1.76. The minimum Gasteiger partial charge on any atom is -0.455 e. The Kier molecular flexibility index (Phi) is 4.56. The number of nitrogens with one attached hydrogen (secondary N) is 1. The summed E-state index contributed by atoms with van der Waals surface area (Å²) in [7, 11) is 1.94. The van der Waals surface area contributed by atoms with Crippen molar-refractivity contribution in [2.45, 2.75) is 19.9 Å². The molecule has 1 unspecified atom stereocenters. The van der Waals surface area contributed by atoms with Gasteiger partial charge in [-0.05, 0) is 45.2 Å². The lowest BCUT2D eigenvalue weighted by molar-refractivity contribution is 0.460. The summed E-state index contributed by atoms with van der Waals surface area (Å²) in [6, 6.07) is 10.1. The molecule has 0 amide bonds. The van der Waals surface area contributed by atoms with E-state index in [1.54, 1.807) is 6.20 Å². The van der Waals surface area contributed by atoms with E-state index in [0.29, 0.717) is 0 Å². The molecule has 0 bridgehead atoms. The van der Waals surface area contributed by atoms with E-state index in [0.717, 1.165) is 27.2 Å². The van der Waals surface area contributed by atoms with E-state index in [4.69, 9.17) is 4.74 Å². The number of nitrogens with zero attached hydrogens (tertiary/aromatic N) is 1. The quantitative estimate of drug-likeness (QED) is 0.915. The Balaban J connectivity index is 2.38. The zero-order valence-electron chi connectivity index (χ0n) is 11.3. The van der Waals surface area contributed by atoms with Crippen molar-refractivity contribution < 1.29 is 4.74 Å². The van der Waals surface area contributed by atoms with Crippen LogP contribution in [-0.4, -0.2) is 12.0 Å². The summed E-state index contributed by atoms with van der Waals surface area (Å²) in [5, 5.41) is 3.23. The number of aryl methyl sites for hydroxylation is 1. The van der Waals surface area contributed by atoms with Crippen LogP contribution in [0.5, 0.6) is 11.5 Å². The third-order valence-corrected chi connectivity index (χ3v) is 3.55. The third-order valence-electron chi connectivity index (χ3n) is 3.05. The molecule has 0 aliphatic rings. The van der Waals surface area contributed by atoms with Gasteiger partial charge < -0.3 is 10.1 Å². The molecule has 1 atom stereocenters. The van der Waals surface area contributed by atoms with Crippen LogP contribution in [0.25, 0.3) is 0 Å². The first-order valence-electron chi connectivity index (χ1n) is 6.18. The molecule has 2 aromatic rings. The molecule has 19 heavy (non-hydrogen) atoms. The van der Waals surface area contributed by atoms with Crippen molar-refractivity contribution >= 4 is 15.9 Å². The zero-order valence-corrected chi connectivity index (χ0v) is 12.9. The predicted octanol–water partition coefficient (Wildman–Crippen LogP) is 4.23. The Labute approximate surface area is 122 Å². The number of benzene rings is 1. The van der Waals surface area contributed by atoms with Crippen LogP contribution in [0.2, 0.25) is 0 Å². The molecule has 0 saturated carbocycles. The van der Waals surface area contributed by atoms with Crippen molar-refractivity contribution in [3.8, 4) is 11.5 Å². The SMILES string of the molecule is CNC(C)c1ccc(Br)cc1Oc1cccnc1C. The number of ether oxygens (including phenoxy) is 1. The summed E-state index contributed by atoms with van der Waals surface area (Å²) in [4.78, 5) is 4.24. The van der Waals surface area contributed by atoms with Gasteiger partial charge in [-0.15, -0.1) is 0 Å². The third kappa shape index (κ3) is 3.33. The summed E-state index contributed by atoms with van der Waals surface area (Å²) >= 11 is 3.48. The van der Waals surface area contributed by atoms with Crippen LogP contribution in [0.3, 0.4) is 0 Å². The van der Waals surface area contributed by atoms with Crippen molar-refractivity contribution in [2.75, 3.05) is 7.05 Å². The van der Waals surface area contributed by atoms with Crippen LogP contribution in [0.4, 0.5) is 0 Å². The fourth-order valence-corrected chi connectivity index (χ4v) is 2.15. The summed E-state index contributed by atoms with van der Waals surface area (Å²) < 4.78 is 7.01. The van der Waals surface area contributed by atoms with Gasteiger partial charge in [-0.2, -0.15) is 0 Å². The largest absolute Gasteiger partial charge is 0.455 e. The highest BCUT2D eigenvalue weighted by molar-refractivity contribution is 9.10. The maximum Gasteiger partial charge on any atom is 0.148 e. The molecule has 1 heterocycles. The van der Waals surface area contributed by atoms with Crippen LogP contribution in [0, 0.1) is 6.92 Å². The van der Waals surface area contributed by atoms with Gasteiger partial charge in [0.15, 0.2) is 0 Å². The fraction of sp³-hybridized carbons (Fsp3) is 0.267. The summed E-state index contributed by atoms with van der Waals surface area (Å²) in [5.74, 6) is 1.62. The molecule has 100 valence electrons. The van der Waals surface area contributed by atoms with Gasteiger partial charge in [0.05, 0.1) is 5.69 Å². The average molecular weight is 321 g/mol. The minimum atomic E-state index is 0.222. The van der Waals surface area contributed by atoms with Crippen LogP contribution < -0.4 is 10.1 Å². The van der Waals surface area contributed by atoms with Gasteiger partial charge in [0, 0.05) is 22.3 Å². The van der Waals surface area contributed by atoms with Gasteiger partial charge in [-0.25, -0.2) is 0 Å². The van der Waals surface area contributed by atoms with Crippen molar-refractivity contribution in [1.82, 2.24) is 10.3 Å². The van der Waals surface area contributed by atoms with E-state index in [2.05, 4.69) is 39.2 Å². The van der Waals surface area contributed by atoms with Crippen LogP contribution in [-0.2, 0) is 0 Å². The molecule has 1 aromatic heterocycles. The number of halogens is 1. The molecule has 4 heteroatoms. The smallest absolute Gasteiger partial charge is 0.148 e. The highest BCUT2D eigenvalue weighted by Crippen LogP contribution is 2.32. The number of rotatable bonds is 4. The lowest BCUT2D eigenvalue weighted by atomic mass is 10.1. The number of hydrogen-bond donors (Lipinski definition) is 1. The van der Waals surface area contributed by atoms with E-state index in [-0.39, 0.29) is 6.04 Å². The van der Waals surface area contributed by atoms with Gasteiger partial charge in [-0.1, -0.05) is 22.0 Å². The van der Waals surface area contributed by atoms with Crippen molar-refractivity contribution in [2.24, 2.45) is 0 Å². The Hall–Kier alpha value is -1.39. The first kappa shape index (κ1) is 14.0. The number of hydrogen-bond acceptors (Lipinski definition) is 3. The van der Waals surface area contributed by atoms with Crippen LogP contribution in [0.15, 0.2) is 41.0 Å². The topological polar surface area (TPSA) is 34.1 Å². The Bertz CT molecular complexity index is 572. The lowest BCUT2D eigenvalue weighted by Crippen LogP contribution is -2.13. The van der Waals surface area contributed by atoms with Crippen molar-refractivity contribution in [1.29, 1.82) is 0 Å². The molecule has 0 saturated heterocycles. The van der Waals surface area contributed by atoms with E-state index >= 15 is 0 Å². The Morgan fingerprint density at radius 3 is 2.74 bits per heavy atom. The molecular formula is C15H17BrN2O. The van der Waals surface area contributed by atoms with Gasteiger partial charge in [0.1, 0.15) is 11.5 Å². The molecule has 3 nitrogen and oxygen atoms in total. The molecule has 1 N–H and O–H groups in total. The van der Waals surface area contributed by atoms with Crippen LogP contribution in [0.1, 0.15) is 24.2 Å². The van der Waals surface area contributed by atoms with E-state index in [1.165, 1.54) is 0 Å². The Morgan fingerprint density at radius 2 is 2.05 bits per heavy atom. The predicted molar refractivity (Wildman–Crippen MR) is 80.7 cm³/mol. The highest BCUT2D eigenvalue weighted by atomic mass is 79.9. The number of aromatic nitrogens is 1. The molecule has 2 rings (SSSR count). The standard InChI is InChI=1S/C15H17BrN2O/c1-10(17-3)13-7-6-12(16)9-15(13)19-14-5-4-8-18-11(14)2/h4-10,17H,1-3H3. The fourth-order valence-electron chi connectivity index (χ4n) is 1.81. The maximum atomic E-state index is 6.01. The van der Waals surface area contributed by atoms with Gasteiger partial charge in [0.2, 0.25) is 0 Å². The maximum absolute atomic E-state index is 6.01. The van der Waals surface area contributed by atoms with Gasteiger partial charge in [0.25, 0.3) is 0 Å². The second-order valence-corrected chi connectivity index (χ2v) is 5.30. The normalized spacial score (nSPS) is 12.2. The second kappa shape index (κ2) is 6.17. The number of pyridine rings is 1. The minimum absolute atomic E-state index is 0.222. The monoisotopic (exact) mass is 320 g/mol. The Morgan fingerprint density at radius 1 is 1.26 bits per heavy atom. The second-order valence-electron chi connectivity index (χ2n) is 4.38. The lowest BCUT2D eigenvalue weighted by Gasteiger charge is -2.17. The molecule has 0 radical (unpaired) electrons.